The highest BCUT2D eigenvalue weighted by Crippen LogP contribution is 2.26. The van der Waals surface area contributed by atoms with Crippen molar-refractivity contribution in [3.8, 4) is 10.6 Å². The molecule has 84 valence electrons. The summed E-state index contributed by atoms with van der Waals surface area (Å²) in [7, 11) is 0. The maximum atomic E-state index is 10.9. The summed E-state index contributed by atoms with van der Waals surface area (Å²) in [4.78, 5) is 16.6. The van der Waals surface area contributed by atoms with Crippen molar-refractivity contribution in [3.63, 3.8) is 0 Å². The first-order valence-corrected chi connectivity index (χ1v) is 6.15. The van der Waals surface area contributed by atoms with E-state index in [-0.39, 0.29) is 0 Å². The normalized spacial score (nSPS) is 10.9. The van der Waals surface area contributed by atoms with Crippen molar-refractivity contribution in [2.24, 2.45) is 0 Å². The van der Waals surface area contributed by atoms with E-state index in [2.05, 4.69) is 23.4 Å². The van der Waals surface area contributed by atoms with Crippen LogP contribution in [0, 0.1) is 6.92 Å². The SMILES string of the molecule is Cc1csc(-c2cn3c(C=O)cccc3n2)c1. The minimum absolute atomic E-state index is 0.620. The molecule has 4 heteroatoms. The zero-order valence-corrected chi connectivity index (χ0v) is 10.1. The number of aromatic nitrogens is 2. The van der Waals surface area contributed by atoms with Crippen LogP contribution in [0.2, 0.25) is 0 Å². The van der Waals surface area contributed by atoms with Crippen molar-refractivity contribution in [2.75, 3.05) is 0 Å². The van der Waals surface area contributed by atoms with E-state index in [1.54, 1.807) is 17.4 Å². The Hall–Kier alpha value is -1.94. The first kappa shape index (κ1) is 10.2. The summed E-state index contributed by atoms with van der Waals surface area (Å²) in [5, 5.41) is 2.10. The van der Waals surface area contributed by atoms with Gasteiger partial charge in [0.15, 0.2) is 6.29 Å². The van der Waals surface area contributed by atoms with Crippen LogP contribution in [-0.4, -0.2) is 15.7 Å². The average molecular weight is 242 g/mol. The van der Waals surface area contributed by atoms with Gasteiger partial charge in [-0.05, 0) is 36.1 Å². The Bertz CT molecular complexity index is 696. The van der Waals surface area contributed by atoms with Crippen LogP contribution in [0.4, 0.5) is 0 Å². The average Bonchev–Trinajstić information content (AvgIpc) is 2.93. The molecule has 0 aliphatic heterocycles. The number of aldehydes is 1. The molecule has 0 amide bonds. The van der Waals surface area contributed by atoms with Gasteiger partial charge in [0.2, 0.25) is 0 Å². The van der Waals surface area contributed by atoms with Gasteiger partial charge < -0.3 is 0 Å². The van der Waals surface area contributed by atoms with Crippen molar-refractivity contribution in [1.82, 2.24) is 9.38 Å². The monoisotopic (exact) mass is 242 g/mol. The molecular weight excluding hydrogens is 232 g/mol. The standard InChI is InChI=1S/C13H10N2OS/c1-9-5-12(17-8-9)11-6-15-10(7-16)3-2-4-13(15)14-11/h2-8H,1H3. The molecule has 0 fully saturated rings. The maximum absolute atomic E-state index is 10.9. The zero-order valence-electron chi connectivity index (χ0n) is 9.25. The van der Waals surface area contributed by atoms with E-state index in [1.165, 1.54) is 5.56 Å². The Labute approximate surface area is 102 Å². The summed E-state index contributed by atoms with van der Waals surface area (Å²) in [6.07, 6.45) is 2.75. The first-order valence-electron chi connectivity index (χ1n) is 5.27. The van der Waals surface area contributed by atoms with Gasteiger partial charge in [-0.3, -0.25) is 9.20 Å². The van der Waals surface area contributed by atoms with E-state index < -0.39 is 0 Å². The zero-order chi connectivity index (χ0) is 11.8. The summed E-state index contributed by atoms with van der Waals surface area (Å²) in [5.74, 6) is 0. The van der Waals surface area contributed by atoms with Crippen LogP contribution >= 0.6 is 11.3 Å². The lowest BCUT2D eigenvalue weighted by molar-refractivity contribution is 0.111. The van der Waals surface area contributed by atoms with E-state index in [4.69, 9.17) is 0 Å². The minimum Gasteiger partial charge on any atom is -0.296 e. The highest BCUT2D eigenvalue weighted by molar-refractivity contribution is 7.13. The Morgan fingerprint density at radius 3 is 3.00 bits per heavy atom. The molecule has 17 heavy (non-hydrogen) atoms. The van der Waals surface area contributed by atoms with E-state index in [0.29, 0.717) is 5.69 Å². The molecule has 0 spiro atoms. The second-order valence-electron chi connectivity index (χ2n) is 3.91. The van der Waals surface area contributed by atoms with Gasteiger partial charge in [-0.2, -0.15) is 0 Å². The molecule has 0 aromatic carbocycles. The Morgan fingerprint density at radius 1 is 1.41 bits per heavy atom. The number of carbonyl (C=O) groups is 1. The number of aryl methyl sites for hydroxylation is 1. The predicted molar refractivity (Wildman–Crippen MR) is 68.6 cm³/mol. The van der Waals surface area contributed by atoms with Crippen LogP contribution in [-0.2, 0) is 0 Å². The van der Waals surface area contributed by atoms with Gasteiger partial charge in [0, 0.05) is 6.20 Å². The smallest absolute Gasteiger partial charge is 0.166 e. The molecular formula is C13H10N2OS. The number of hydrogen-bond acceptors (Lipinski definition) is 3. The summed E-state index contributed by atoms with van der Waals surface area (Å²) in [6, 6.07) is 7.63. The third kappa shape index (κ3) is 1.66. The number of rotatable bonds is 2. The van der Waals surface area contributed by atoms with Gasteiger partial charge in [0.1, 0.15) is 5.65 Å². The third-order valence-corrected chi connectivity index (χ3v) is 3.70. The quantitative estimate of drug-likeness (QED) is 0.647. The molecule has 0 N–H and O–H groups in total. The number of carbonyl (C=O) groups excluding carboxylic acids is 1. The number of imidazole rings is 1. The number of thiophene rings is 1. The molecule has 3 heterocycles. The highest BCUT2D eigenvalue weighted by atomic mass is 32.1. The van der Waals surface area contributed by atoms with E-state index in [0.717, 1.165) is 22.5 Å². The molecule has 3 nitrogen and oxygen atoms in total. The second kappa shape index (κ2) is 3.82. The highest BCUT2D eigenvalue weighted by Gasteiger charge is 2.07. The fourth-order valence-electron chi connectivity index (χ4n) is 1.81. The summed E-state index contributed by atoms with van der Waals surface area (Å²) in [6.45, 7) is 2.06. The van der Waals surface area contributed by atoms with Crippen LogP contribution < -0.4 is 0 Å². The first-order chi connectivity index (χ1) is 8.28. The number of nitrogens with zero attached hydrogens (tertiary/aromatic N) is 2. The molecule has 0 radical (unpaired) electrons. The number of fused-ring (bicyclic) bond motifs is 1. The fourth-order valence-corrected chi connectivity index (χ4v) is 2.67. The second-order valence-corrected chi connectivity index (χ2v) is 4.82. The van der Waals surface area contributed by atoms with E-state index in [1.807, 2.05) is 22.7 Å². The van der Waals surface area contributed by atoms with Crippen molar-refractivity contribution < 1.29 is 4.79 Å². The summed E-state index contributed by atoms with van der Waals surface area (Å²) in [5.41, 5.74) is 3.57. The molecule has 0 atom stereocenters. The summed E-state index contributed by atoms with van der Waals surface area (Å²) >= 11 is 1.67. The number of hydrogen-bond donors (Lipinski definition) is 0. The van der Waals surface area contributed by atoms with Crippen LogP contribution in [0.1, 0.15) is 16.1 Å². The van der Waals surface area contributed by atoms with Crippen molar-refractivity contribution in [3.05, 3.63) is 47.1 Å². The predicted octanol–water partition coefficient (Wildman–Crippen LogP) is 3.18. The lowest BCUT2D eigenvalue weighted by Crippen LogP contribution is -1.91. The number of pyridine rings is 1. The van der Waals surface area contributed by atoms with Crippen LogP contribution in [0.15, 0.2) is 35.8 Å². The van der Waals surface area contributed by atoms with Gasteiger partial charge in [0.25, 0.3) is 0 Å². The molecule has 0 aliphatic rings. The maximum Gasteiger partial charge on any atom is 0.166 e. The van der Waals surface area contributed by atoms with Crippen molar-refractivity contribution in [1.29, 1.82) is 0 Å². The Balaban J connectivity index is 2.23. The molecule has 3 aromatic heterocycles. The molecule has 0 unspecified atom stereocenters. The Morgan fingerprint density at radius 2 is 2.29 bits per heavy atom. The molecule has 0 bridgehead atoms. The molecule has 0 saturated carbocycles. The topological polar surface area (TPSA) is 34.4 Å². The minimum atomic E-state index is 0.620. The van der Waals surface area contributed by atoms with Crippen molar-refractivity contribution >= 4 is 23.3 Å². The summed E-state index contributed by atoms with van der Waals surface area (Å²) < 4.78 is 1.82. The van der Waals surface area contributed by atoms with E-state index in [9.17, 15) is 4.79 Å². The van der Waals surface area contributed by atoms with Crippen molar-refractivity contribution in [2.45, 2.75) is 6.92 Å². The van der Waals surface area contributed by atoms with Gasteiger partial charge in [-0.25, -0.2) is 4.98 Å². The lowest BCUT2D eigenvalue weighted by Gasteiger charge is -1.94. The van der Waals surface area contributed by atoms with Gasteiger partial charge >= 0.3 is 0 Å². The van der Waals surface area contributed by atoms with Gasteiger partial charge in [-0.15, -0.1) is 11.3 Å². The van der Waals surface area contributed by atoms with E-state index >= 15 is 0 Å². The van der Waals surface area contributed by atoms with Gasteiger partial charge in [-0.1, -0.05) is 6.07 Å². The Kier molecular flexibility index (Phi) is 2.30. The largest absolute Gasteiger partial charge is 0.296 e. The van der Waals surface area contributed by atoms with Crippen LogP contribution in [0.5, 0.6) is 0 Å². The molecule has 3 aromatic rings. The third-order valence-electron chi connectivity index (χ3n) is 2.63. The lowest BCUT2D eigenvalue weighted by atomic mass is 10.3. The molecule has 0 aliphatic carbocycles. The van der Waals surface area contributed by atoms with Crippen LogP contribution in [0.3, 0.4) is 0 Å². The molecule has 0 saturated heterocycles. The molecule has 3 rings (SSSR count). The van der Waals surface area contributed by atoms with Crippen LogP contribution in [0.25, 0.3) is 16.2 Å². The fraction of sp³-hybridized carbons (Fsp3) is 0.0769. The van der Waals surface area contributed by atoms with Gasteiger partial charge in [0.05, 0.1) is 16.3 Å².